The molecule has 0 rings (SSSR count). The zero-order valence-electron chi connectivity index (χ0n) is 59.5. The number of phosphoric acid groups is 2. The number of carbonyl (C=O) groups excluding carboxylic acids is 4. The quantitative estimate of drug-likeness (QED) is 0.0169. The highest BCUT2D eigenvalue weighted by atomic mass is 31.2. The van der Waals surface area contributed by atoms with Gasteiger partial charge in [0, 0.05) is 25.7 Å². The van der Waals surface area contributed by atoms with Crippen LogP contribution in [0.4, 0.5) is 0 Å². The van der Waals surface area contributed by atoms with E-state index in [9.17, 15) is 43.2 Å². The Bertz CT molecular complexity index is 2350. The SMILES string of the molecule is CC/C=C\C/C=C\C/C=C\C/C=C\C/C=C\CCCC(=O)OCC(COP(=O)(O)OCC(O)COP(=O)(O)OCC(COC(=O)CCCC/C=C\C/C=C\C/C=C\C/C=C\CC)OC(=O)CCCCCCC/C=C\CCCCCC)OC(=O)CCCCCCC/C=C\CCCC. The Morgan fingerprint density at radius 1 is 0.302 bits per heavy atom. The molecule has 548 valence electrons. The molecule has 0 radical (unpaired) electrons. The van der Waals surface area contributed by atoms with Gasteiger partial charge in [-0.3, -0.25) is 37.3 Å². The monoisotopic (exact) mass is 1390 g/mol. The molecule has 0 spiro atoms. The second-order valence-corrected chi connectivity index (χ2v) is 26.7. The van der Waals surface area contributed by atoms with Gasteiger partial charge < -0.3 is 33.8 Å². The van der Waals surface area contributed by atoms with E-state index in [1.807, 2.05) is 12.2 Å². The van der Waals surface area contributed by atoms with Crippen LogP contribution < -0.4 is 0 Å². The molecule has 0 bridgehead atoms. The van der Waals surface area contributed by atoms with E-state index >= 15 is 0 Å². The van der Waals surface area contributed by atoms with Crippen molar-refractivity contribution in [3.63, 3.8) is 0 Å². The van der Waals surface area contributed by atoms with E-state index in [0.717, 1.165) is 148 Å². The lowest BCUT2D eigenvalue weighted by atomic mass is 10.1. The maximum Gasteiger partial charge on any atom is 0.472 e. The van der Waals surface area contributed by atoms with Crippen molar-refractivity contribution in [1.29, 1.82) is 0 Å². The standard InChI is InChI=1S/C77H128O17P2/c1-5-9-13-17-21-25-29-32-34-35-37-40-43-46-50-54-58-62-75(80)87-67-72(93-76(81)63-59-55-51-47-41-28-24-20-16-12-8-4)69-91-95(83,84)89-65-71(78)66-90-96(85,86)92-70-73(94-77(82)64-60-56-52-48-44-38-31-27-23-19-15-11-7-3)68-88-74(79)61-57-53-49-45-42-39-36-33-30-26-22-18-14-10-6-2/h9-10,13-14,20-22,24-27,31-34,36-37,40,42,45-46,50,71-73,78H,5-8,11-12,15-19,23,28-30,35,38-39,41,43-44,47-49,51-70H2,1-4H3,(H,83,84)(H,85,86)/b13-9-,14-10-,24-20-,25-21-,26-22-,31-27-,34-32-,36-33-,40-37-,45-42-,50-46-. The second-order valence-electron chi connectivity index (χ2n) is 23.8. The number of ether oxygens (including phenoxy) is 4. The molecular formula is C77H128O17P2. The minimum atomic E-state index is -4.99. The van der Waals surface area contributed by atoms with Gasteiger partial charge in [0.2, 0.25) is 0 Å². The summed E-state index contributed by atoms with van der Waals surface area (Å²) in [6.07, 6.45) is 74.7. The van der Waals surface area contributed by atoms with E-state index in [0.29, 0.717) is 32.1 Å². The molecule has 0 aromatic carbocycles. The van der Waals surface area contributed by atoms with E-state index in [-0.39, 0.29) is 25.7 Å². The molecule has 0 fully saturated rings. The van der Waals surface area contributed by atoms with Crippen LogP contribution in [-0.4, -0.2) is 96.7 Å². The lowest BCUT2D eigenvalue weighted by molar-refractivity contribution is -0.161. The molecule has 19 heteroatoms. The summed E-state index contributed by atoms with van der Waals surface area (Å²) < 4.78 is 68.2. The highest BCUT2D eigenvalue weighted by molar-refractivity contribution is 7.47. The molecule has 0 aromatic heterocycles. The number of phosphoric ester groups is 2. The molecule has 5 atom stereocenters. The van der Waals surface area contributed by atoms with Crippen LogP contribution in [0.15, 0.2) is 134 Å². The molecule has 96 heavy (non-hydrogen) atoms. The summed E-state index contributed by atoms with van der Waals surface area (Å²) in [5.41, 5.74) is 0. The fourth-order valence-electron chi connectivity index (χ4n) is 9.04. The van der Waals surface area contributed by atoms with Gasteiger partial charge >= 0.3 is 39.5 Å². The summed E-state index contributed by atoms with van der Waals surface area (Å²) in [5.74, 6) is -2.32. The van der Waals surface area contributed by atoms with Gasteiger partial charge in [-0.25, -0.2) is 9.13 Å². The van der Waals surface area contributed by atoms with E-state index in [2.05, 4.69) is 149 Å². The Hall–Kier alpha value is -4.80. The average molecular weight is 1390 g/mol. The van der Waals surface area contributed by atoms with Crippen LogP contribution in [0, 0.1) is 0 Å². The summed E-state index contributed by atoms with van der Waals surface area (Å²) in [6, 6.07) is 0. The molecule has 0 aromatic rings. The Kier molecular flexibility index (Phi) is 65.3. The van der Waals surface area contributed by atoms with Crippen molar-refractivity contribution in [2.24, 2.45) is 0 Å². The maximum absolute atomic E-state index is 13.0. The third kappa shape index (κ3) is 67.8. The van der Waals surface area contributed by atoms with Gasteiger partial charge in [-0.2, -0.15) is 0 Å². The van der Waals surface area contributed by atoms with Crippen LogP contribution in [0.2, 0.25) is 0 Å². The topological polar surface area (TPSA) is 237 Å². The number of allylic oxidation sites excluding steroid dienone is 22. The van der Waals surface area contributed by atoms with Crippen molar-refractivity contribution >= 4 is 39.5 Å². The largest absolute Gasteiger partial charge is 0.472 e. The highest BCUT2D eigenvalue weighted by Crippen LogP contribution is 2.45. The Morgan fingerprint density at radius 2 is 0.562 bits per heavy atom. The van der Waals surface area contributed by atoms with Gasteiger partial charge in [0.1, 0.15) is 19.3 Å². The van der Waals surface area contributed by atoms with Crippen LogP contribution >= 0.6 is 15.6 Å². The number of unbranched alkanes of at least 4 members (excludes halogenated alkanes) is 19. The highest BCUT2D eigenvalue weighted by Gasteiger charge is 2.30. The van der Waals surface area contributed by atoms with Gasteiger partial charge in [0.25, 0.3) is 0 Å². The van der Waals surface area contributed by atoms with Crippen LogP contribution in [0.1, 0.15) is 272 Å². The number of carbonyl (C=O) groups is 4. The summed E-state index contributed by atoms with van der Waals surface area (Å²) in [5, 5.41) is 10.6. The summed E-state index contributed by atoms with van der Waals surface area (Å²) >= 11 is 0. The number of aliphatic hydroxyl groups excluding tert-OH is 1. The normalized spacial score (nSPS) is 14.8. The van der Waals surface area contributed by atoms with Crippen LogP contribution in [0.5, 0.6) is 0 Å². The van der Waals surface area contributed by atoms with Crippen molar-refractivity contribution < 1.29 is 80.2 Å². The lowest BCUT2D eigenvalue weighted by Crippen LogP contribution is -2.30. The number of esters is 4. The van der Waals surface area contributed by atoms with Crippen molar-refractivity contribution in [2.45, 2.75) is 290 Å². The predicted molar refractivity (Wildman–Crippen MR) is 390 cm³/mol. The Balaban J connectivity index is 5.41. The van der Waals surface area contributed by atoms with E-state index in [1.54, 1.807) is 0 Å². The fraction of sp³-hybridized carbons (Fsp3) is 0.662. The average Bonchev–Trinajstić information content (AvgIpc) is 1.13. The first-order valence-corrected chi connectivity index (χ1v) is 39.4. The first kappa shape index (κ1) is 91.2. The molecule has 0 aliphatic heterocycles. The van der Waals surface area contributed by atoms with Gasteiger partial charge in [-0.1, -0.05) is 232 Å². The van der Waals surface area contributed by atoms with E-state index < -0.39 is 97.5 Å². The van der Waals surface area contributed by atoms with Crippen LogP contribution in [0.25, 0.3) is 0 Å². The van der Waals surface area contributed by atoms with Crippen LogP contribution in [-0.2, 0) is 65.4 Å². The summed E-state index contributed by atoms with van der Waals surface area (Å²) in [6.45, 7) is 4.43. The van der Waals surface area contributed by atoms with Gasteiger partial charge in [-0.05, 0) is 148 Å². The number of hydrogen-bond acceptors (Lipinski definition) is 15. The molecular weight excluding hydrogens is 1260 g/mol. The first-order chi connectivity index (χ1) is 46.7. The van der Waals surface area contributed by atoms with Crippen molar-refractivity contribution in [3.8, 4) is 0 Å². The van der Waals surface area contributed by atoms with Gasteiger partial charge in [-0.15, -0.1) is 0 Å². The molecule has 0 heterocycles. The smallest absolute Gasteiger partial charge is 0.462 e. The minimum Gasteiger partial charge on any atom is -0.462 e. The third-order valence-electron chi connectivity index (χ3n) is 14.6. The fourth-order valence-corrected chi connectivity index (χ4v) is 10.6. The molecule has 0 amide bonds. The number of aliphatic hydroxyl groups is 1. The van der Waals surface area contributed by atoms with E-state index in [1.165, 1.54) is 38.5 Å². The van der Waals surface area contributed by atoms with Gasteiger partial charge in [0.15, 0.2) is 12.2 Å². The Morgan fingerprint density at radius 3 is 0.938 bits per heavy atom. The third-order valence-corrected chi connectivity index (χ3v) is 16.5. The predicted octanol–water partition coefficient (Wildman–Crippen LogP) is 20.5. The maximum atomic E-state index is 13.0. The number of hydrogen-bond donors (Lipinski definition) is 3. The zero-order chi connectivity index (χ0) is 70.4. The second kappa shape index (κ2) is 68.7. The molecule has 0 saturated heterocycles. The summed E-state index contributed by atoms with van der Waals surface area (Å²) in [7, 11) is -9.98. The minimum absolute atomic E-state index is 0.0679. The lowest BCUT2D eigenvalue weighted by Gasteiger charge is -2.21. The summed E-state index contributed by atoms with van der Waals surface area (Å²) in [4.78, 5) is 72.6. The van der Waals surface area contributed by atoms with Crippen molar-refractivity contribution in [3.05, 3.63) is 134 Å². The van der Waals surface area contributed by atoms with Gasteiger partial charge in [0.05, 0.1) is 26.4 Å². The molecule has 3 N–H and O–H groups in total. The van der Waals surface area contributed by atoms with E-state index in [4.69, 9.17) is 37.0 Å². The molecule has 0 saturated carbocycles. The number of rotatable bonds is 67. The van der Waals surface area contributed by atoms with Crippen molar-refractivity contribution in [2.75, 3.05) is 39.6 Å². The first-order valence-electron chi connectivity index (χ1n) is 36.4. The molecule has 5 unspecified atom stereocenters. The Labute approximate surface area is 580 Å². The molecule has 17 nitrogen and oxygen atoms in total. The zero-order valence-corrected chi connectivity index (χ0v) is 61.3. The van der Waals surface area contributed by atoms with Crippen molar-refractivity contribution in [1.82, 2.24) is 0 Å². The molecule has 0 aliphatic rings. The van der Waals surface area contributed by atoms with Crippen LogP contribution in [0.3, 0.4) is 0 Å². The molecule has 0 aliphatic carbocycles.